The van der Waals surface area contributed by atoms with E-state index in [2.05, 4.69) is 38.2 Å². The molecule has 0 radical (unpaired) electrons. The monoisotopic (exact) mass is 790 g/mol. The van der Waals surface area contributed by atoms with Crippen molar-refractivity contribution < 1.29 is 56.8 Å². The van der Waals surface area contributed by atoms with Crippen molar-refractivity contribution in [1.82, 2.24) is 0 Å². The molecular weight excluding hydrogens is 717 g/mol. The lowest BCUT2D eigenvalue weighted by molar-refractivity contribution is -0.297. The van der Waals surface area contributed by atoms with E-state index in [1.807, 2.05) is 0 Å². The van der Waals surface area contributed by atoms with E-state index in [1.54, 1.807) is 0 Å². The first kappa shape index (κ1) is 50.1. The van der Waals surface area contributed by atoms with Crippen LogP contribution in [-0.4, -0.2) is 96.0 Å². The van der Waals surface area contributed by atoms with E-state index in [1.165, 1.54) is 64.2 Å². The van der Waals surface area contributed by atoms with Gasteiger partial charge in [-0.1, -0.05) is 134 Å². The van der Waals surface area contributed by atoms with Gasteiger partial charge in [0, 0.05) is 12.8 Å². The van der Waals surface area contributed by atoms with Gasteiger partial charge in [-0.05, 0) is 44.9 Å². The lowest BCUT2D eigenvalue weighted by atomic mass is 10.00. The first-order valence-corrected chi connectivity index (χ1v) is 22.5. The van der Waals surface area contributed by atoms with E-state index in [0.717, 1.165) is 64.2 Å². The van der Waals surface area contributed by atoms with E-state index in [9.17, 15) is 37.9 Å². The molecule has 1 heterocycles. The highest BCUT2D eigenvalue weighted by Crippen LogP contribution is 2.24. The molecule has 6 unspecified atom stereocenters. The van der Waals surface area contributed by atoms with Crippen LogP contribution in [-0.2, 0) is 38.7 Å². The van der Waals surface area contributed by atoms with Gasteiger partial charge in [0.2, 0.25) is 0 Å². The minimum Gasteiger partial charge on any atom is -0.462 e. The summed E-state index contributed by atoms with van der Waals surface area (Å²) in [5, 5.41) is 30.8. The minimum atomic E-state index is -4.60. The van der Waals surface area contributed by atoms with Crippen LogP contribution in [0.1, 0.15) is 168 Å². The average molecular weight is 791 g/mol. The Hall–Kier alpha value is -1.87. The number of unbranched alkanes of at least 4 members (excludes halogenated alkanes) is 18. The Bertz CT molecular complexity index is 1110. The standard InChI is InChI=1S/C41H74O12S/c1-3-5-7-9-11-13-15-16-17-18-19-20-22-24-26-28-30-37(43)52-34(31-50-36(42)29-27-25-23-21-14-12-10-8-6-4-2)32-51-41-40(46)39(45)38(44)35(53-41)33-54(47,48)49/h13,15,17-18,34-35,38-41,44-46H,3-12,14,16,19-33H2,1-2H3,(H,47,48,49)/b15-13-,18-17-. The van der Waals surface area contributed by atoms with Gasteiger partial charge in [0.1, 0.15) is 36.8 Å². The highest BCUT2D eigenvalue weighted by molar-refractivity contribution is 7.85. The minimum absolute atomic E-state index is 0.150. The maximum atomic E-state index is 12.8. The predicted molar refractivity (Wildman–Crippen MR) is 210 cm³/mol. The van der Waals surface area contributed by atoms with E-state index >= 15 is 0 Å². The summed E-state index contributed by atoms with van der Waals surface area (Å²) in [5.41, 5.74) is 0. The zero-order valence-electron chi connectivity index (χ0n) is 33.3. The summed E-state index contributed by atoms with van der Waals surface area (Å²) < 4.78 is 53.9. The molecule has 0 aliphatic carbocycles. The Labute approximate surface area is 326 Å². The van der Waals surface area contributed by atoms with Crippen LogP contribution >= 0.6 is 0 Å². The Balaban J connectivity index is 2.49. The summed E-state index contributed by atoms with van der Waals surface area (Å²) in [4.78, 5) is 25.3. The zero-order valence-corrected chi connectivity index (χ0v) is 34.1. The summed E-state index contributed by atoms with van der Waals surface area (Å²) in [6, 6.07) is 0. The van der Waals surface area contributed by atoms with Crippen molar-refractivity contribution in [3.05, 3.63) is 24.3 Å². The molecule has 0 aromatic heterocycles. The van der Waals surface area contributed by atoms with Crippen LogP contribution in [0.5, 0.6) is 0 Å². The number of rotatable bonds is 34. The Morgan fingerprint density at radius 3 is 1.65 bits per heavy atom. The smallest absolute Gasteiger partial charge is 0.306 e. The fourth-order valence-corrected chi connectivity index (χ4v) is 6.93. The fraction of sp³-hybridized carbons (Fsp3) is 0.854. The molecule has 1 saturated heterocycles. The van der Waals surface area contributed by atoms with E-state index < -0.39 is 71.2 Å². The van der Waals surface area contributed by atoms with Crippen molar-refractivity contribution in [3.63, 3.8) is 0 Å². The van der Waals surface area contributed by atoms with Gasteiger partial charge in [-0.25, -0.2) is 0 Å². The van der Waals surface area contributed by atoms with Crippen molar-refractivity contribution in [2.45, 2.75) is 205 Å². The molecule has 1 rings (SSSR count). The highest BCUT2D eigenvalue weighted by atomic mass is 32.2. The van der Waals surface area contributed by atoms with Crippen LogP contribution in [0, 0.1) is 0 Å². The molecule has 0 aromatic rings. The molecule has 316 valence electrons. The molecule has 4 N–H and O–H groups in total. The molecular formula is C41H74O12S. The lowest BCUT2D eigenvalue weighted by Gasteiger charge is -2.40. The molecule has 0 saturated carbocycles. The molecule has 1 fully saturated rings. The molecule has 0 aromatic carbocycles. The van der Waals surface area contributed by atoms with Crippen molar-refractivity contribution >= 4 is 22.1 Å². The molecule has 12 nitrogen and oxygen atoms in total. The first-order chi connectivity index (χ1) is 26.0. The van der Waals surface area contributed by atoms with Crippen LogP contribution in [0.2, 0.25) is 0 Å². The molecule has 0 spiro atoms. The summed E-state index contributed by atoms with van der Waals surface area (Å²) in [5.74, 6) is -2.00. The van der Waals surface area contributed by atoms with Crippen molar-refractivity contribution in [1.29, 1.82) is 0 Å². The third kappa shape index (κ3) is 26.9. The van der Waals surface area contributed by atoms with Gasteiger partial charge in [0.15, 0.2) is 12.4 Å². The number of hydrogen-bond donors (Lipinski definition) is 4. The number of allylic oxidation sites excluding steroid dienone is 4. The third-order valence-electron chi connectivity index (χ3n) is 9.53. The van der Waals surface area contributed by atoms with Gasteiger partial charge in [-0.15, -0.1) is 0 Å². The number of carbonyl (C=O) groups excluding carboxylic acids is 2. The van der Waals surface area contributed by atoms with E-state index in [4.69, 9.17) is 18.9 Å². The number of hydrogen-bond acceptors (Lipinski definition) is 11. The van der Waals surface area contributed by atoms with Crippen LogP contribution in [0.15, 0.2) is 24.3 Å². The second-order valence-electron chi connectivity index (χ2n) is 14.7. The summed E-state index contributed by atoms with van der Waals surface area (Å²) >= 11 is 0. The van der Waals surface area contributed by atoms with Crippen molar-refractivity contribution in [2.75, 3.05) is 19.0 Å². The second-order valence-corrected chi connectivity index (χ2v) is 16.2. The van der Waals surface area contributed by atoms with Crippen LogP contribution in [0.3, 0.4) is 0 Å². The third-order valence-corrected chi connectivity index (χ3v) is 10.3. The normalized spacial score (nSPS) is 21.2. The van der Waals surface area contributed by atoms with Gasteiger partial charge < -0.3 is 34.3 Å². The molecule has 0 bridgehead atoms. The quantitative estimate of drug-likeness (QED) is 0.0216. The Morgan fingerprint density at radius 1 is 0.630 bits per heavy atom. The van der Waals surface area contributed by atoms with Gasteiger partial charge >= 0.3 is 11.9 Å². The lowest BCUT2D eigenvalue weighted by Crippen LogP contribution is -2.60. The Kier molecular flexibility index (Phi) is 29.9. The number of ether oxygens (including phenoxy) is 4. The molecule has 0 amide bonds. The van der Waals surface area contributed by atoms with Crippen LogP contribution < -0.4 is 0 Å². The number of esters is 2. The number of carbonyl (C=O) groups is 2. The van der Waals surface area contributed by atoms with E-state index in [-0.39, 0.29) is 19.4 Å². The molecule has 54 heavy (non-hydrogen) atoms. The van der Waals surface area contributed by atoms with Gasteiger partial charge in [0.25, 0.3) is 10.1 Å². The van der Waals surface area contributed by atoms with Gasteiger partial charge in [0.05, 0.1) is 6.61 Å². The number of aliphatic hydroxyl groups is 3. The maximum absolute atomic E-state index is 12.8. The molecule has 1 aliphatic rings. The maximum Gasteiger partial charge on any atom is 0.306 e. The molecule has 6 atom stereocenters. The molecule has 13 heteroatoms. The summed E-state index contributed by atoms with van der Waals surface area (Å²) in [7, 11) is -4.60. The first-order valence-electron chi connectivity index (χ1n) is 20.9. The van der Waals surface area contributed by atoms with Crippen molar-refractivity contribution in [2.24, 2.45) is 0 Å². The second kappa shape index (κ2) is 32.2. The molecule has 1 aliphatic heterocycles. The number of aliphatic hydroxyl groups excluding tert-OH is 3. The average Bonchev–Trinajstić information content (AvgIpc) is 3.13. The van der Waals surface area contributed by atoms with Crippen molar-refractivity contribution in [3.8, 4) is 0 Å². The Morgan fingerprint density at radius 2 is 1.11 bits per heavy atom. The fourth-order valence-electron chi connectivity index (χ4n) is 6.24. The highest BCUT2D eigenvalue weighted by Gasteiger charge is 2.46. The van der Waals surface area contributed by atoms with Gasteiger partial charge in [-0.3, -0.25) is 14.1 Å². The van der Waals surface area contributed by atoms with Gasteiger partial charge in [-0.2, -0.15) is 8.42 Å². The predicted octanol–water partition coefficient (Wildman–Crippen LogP) is 7.67. The SMILES string of the molecule is CCCCCC/C=C\C/C=C\CCCCCCCC(=O)OC(COC(=O)CCCCCCCCCCCC)COC1OC(CS(=O)(=O)O)C(O)C(O)C1O. The summed E-state index contributed by atoms with van der Waals surface area (Å²) in [6.07, 6.45) is 23.8. The van der Waals surface area contributed by atoms with E-state index in [0.29, 0.717) is 12.8 Å². The topological polar surface area (TPSA) is 186 Å². The zero-order chi connectivity index (χ0) is 39.9. The van der Waals surface area contributed by atoms with Crippen LogP contribution in [0.4, 0.5) is 0 Å². The van der Waals surface area contributed by atoms with Crippen LogP contribution in [0.25, 0.3) is 0 Å². The largest absolute Gasteiger partial charge is 0.462 e. The summed E-state index contributed by atoms with van der Waals surface area (Å²) in [6.45, 7) is 3.70.